The highest BCUT2D eigenvalue weighted by molar-refractivity contribution is 5.44. The molecule has 1 aromatic rings. The molecule has 6 heteroatoms. The van der Waals surface area contributed by atoms with Crippen molar-refractivity contribution in [3.05, 3.63) is 18.2 Å². The van der Waals surface area contributed by atoms with Crippen molar-refractivity contribution in [1.29, 1.82) is 0 Å². The fourth-order valence-electron chi connectivity index (χ4n) is 1.05. The molecule has 0 aliphatic rings. The van der Waals surface area contributed by atoms with Crippen LogP contribution in [0.2, 0.25) is 0 Å². The maximum atomic E-state index is 11.8. The molecular weight excluding hydrogens is 225 g/mol. The third-order valence-corrected chi connectivity index (χ3v) is 1.53. The number of phenols is 1. The van der Waals surface area contributed by atoms with Gasteiger partial charge in [-0.05, 0) is 26.0 Å². The molecule has 0 aromatic heterocycles. The lowest BCUT2D eigenvalue weighted by molar-refractivity contribution is -0.274. The minimum Gasteiger partial charge on any atom is -0.504 e. The van der Waals surface area contributed by atoms with E-state index in [0.29, 0.717) is 0 Å². The summed E-state index contributed by atoms with van der Waals surface area (Å²) < 4.78 is 44.3. The quantitative estimate of drug-likeness (QED) is 0.876. The third kappa shape index (κ3) is 3.88. The lowest BCUT2D eigenvalue weighted by atomic mass is 10.3. The first-order valence-corrected chi connectivity index (χ1v) is 4.53. The topological polar surface area (TPSA) is 38.7 Å². The summed E-state index contributed by atoms with van der Waals surface area (Å²) in [5, 5.41) is 9.36. The summed E-state index contributed by atoms with van der Waals surface area (Å²) in [6.45, 7) is 3.47. The number of benzene rings is 1. The van der Waals surface area contributed by atoms with Crippen molar-refractivity contribution >= 4 is 0 Å². The Morgan fingerprint density at radius 3 is 2.31 bits per heavy atom. The van der Waals surface area contributed by atoms with E-state index in [9.17, 15) is 18.3 Å². The number of phenolic OH excluding ortho intramolecular Hbond substituents is 1. The average molecular weight is 236 g/mol. The number of ether oxygens (including phenoxy) is 2. The van der Waals surface area contributed by atoms with E-state index < -0.39 is 17.9 Å². The van der Waals surface area contributed by atoms with Gasteiger partial charge in [0.05, 0.1) is 6.10 Å². The number of hydrogen-bond donors (Lipinski definition) is 1. The molecule has 1 rings (SSSR count). The van der Waals surface area contributed by atoms with Crippen LogP contribution in [0.4, 0.5) is 13.2 Å². The molecule has 0 unspecified atom stereocenters. The maximum absolute atomic E-state index is 11.8. The van der Waals surface area contributed by atoms with Gasteiger partial charge in [0.2, 0.25) is 0 Å². The van der Waals surface area contributed by atoms with Gasteiger partial charge in [-0.15, -0.1) is 13.2 Å². The fourth-order valence-corrected chi connectivity index (χ4v) is 1.05. The molecular formula is C10H11F3O3. The van der Waals surface area contributed by atoms with E-state index in [0.717, 1.165) is 12.1 Å². The Morgan fingerprint density at radius 1 is 1.25 bits per heavy atom. The summed E-state index contributed by atoms with van der Waals surface area (Å²) >= 11 is 0. The number of alkyl halides is 3. The molecule has 16 heavy (non-hydrogen) atoms. The van der Waals surface area contributed by atoms with Crippen LogP contribution < -0.4 is 9.47 Å². The second-order valence-electron chi connectivity index (χ2n) is 3.34. The summed E-state index contributed by atoms with van der Waals surface area (Å²) in [7, 11) is 0. The Kier molecular flexibility index (Phi) is 3.51. The fraction of sp³-hybridized carbons (Fsp3) is 0.400. The maximum Gasteiger partial charge on any atom is 0.573 e. The van der Waals surface area contributed by atoms with Crippen LogP contribution in [0.25, 0.3) is 0 Å². The summed E-state index contributed by atoms with van der Waals surface area (Å²) in [6, 6.07) is 3.15. The van der Waals surface area contributed by atoms with Gasteiger partial charge < -0.3 is 14.6 Å². The molecule has 0 saturated heterocycles. The van der Waals surface area contributed by atoms with Gasteiger partial charge in [0.1, 0.15) is 5.75 Å². The number of rotatable bonds is 3. The van der Waals surface area contributed by atoms with Gasteiger partial charge in [-0.1, -0.05) is 0 Å². The predicted molar refractivity (Wildman–Crippen MR) is 50.6 cm³/mol. The van der Waals surface area contributed by atoms with Crippen molar-refractivity contribution in [2.45, 2.75) is 26.3 Å². The first-order valence-electron chi connectivity index (χ1n) is 4.53. The Balaban J connectivity index is 2.83. The van der Waals surface area contributed by atoms with Gasteiger partial charge in [0.15, 0.2) is 11.5 Å². The van der Waals surface area contributed by atoms with Crippen LogP contribution >= 0.6 is 0 Å². The molecule has 0 spiro atoms. The molecule has 0 heterocycles. The van der Waals surface area contributed by atoms with E-state index in [1.165, 1.54) is 6.07 Å². The van der Waals surface area contributed by atoms with E-state index in [2.05, 4.69) is 4.74 Å². The minimum absolute atomic E-state index is 0.115. The highest BCUT2D eigenvalue weighted by atomic mass is 19.4. The highest BCUT2D eigenvalue weighted by Gasteiger charge is 2.31. The van der Waals surface area contributed by atoms with Crippen molar-refractivity contribution in [3.8, 4) is 17.2 Å². The Labute approximate surface area is 90.4 Å². The smallest absolute Gasteiger partial charge is 0.504 e. The molecule has 0 radical (unpaired) electrons. The van der Waals surface area contributed by atoms with Crippen LogP contribution in [-0.2, 0) is 0 Å². The van der Waals surface area contributed by atoms with Crippen molar-refractivity contribution in [3.63, 3.8) is 0 Å². The molecule has 0 atom stereocenters. The zero-order chi connectivity index (χ0) is 12.3. The second kappa shape index (κ2) is 4.51. The molecule has 0 saturated carbocycles. The van der Waals surface area contributed by atoms with Gasteiger partial charge in [-0.2, -0.15) is 0 Å². The highest BCUT2D eigenvalue weighted by Crippen LogP contribution is 2.33. The molecule has 0 bridgehead atoms. The van der Waals surface area contributed by atoms with E-state index >= 15 is 0 Å². The SMILES string of the molecule is CC(C)Oc1ccc(OC(F)(F)F)cc1O. The third-order valence-electron chi connectivity index (χ3n) is 1.53. The van der Waals surface area contributed by atoms with Crippen LogP contribution in [0.5, 0.6) is 17.2 Å². The van der Waals surface area contributed by atoms with Crippen molar-refractivity contribution < 1.29 is 27.8 Å². The first kappa shape index (κ1) is 12.5. The van der Waals surface area contributed by atoms with Gasteiger partial charge in [-0.3, -0.25) is 0 Å². The molecule has 3 nitrogen and oxygen atoms in total. The van der Waals surface area contributed by atoms with Crippen molar-refractivity contribution in [2.75, 3.05) is 0 Å². The minimum atomic E-state index is -4.77. The molecule has 0 amide bonds. The monoisotopic (exact) mass is 236 g/mol. The first-order chi connectivity index (χ1) is 7.28. The van der Waals surface area contributed by atoms with E-state index in [1.54, 1.807) is 13.8 Å². The van der Waals surface area contributed by atoms with Crippen LogP contribution in [0, 0.1) is 0 Å². The molecule has 0 aliphatic heterocycles. The molecule has 1 aromatic carbocycles. The zero-order valence-corrected chi connectivity index (χ0v) is 8.71. The van der Waals surface area contributed by atoms with Crippen molar-refractivity contribution in [1.82, 2.24) is 0 Å². The number of aromatic hydroxyl groups is 1. The average Bonchev–Trinajstić information content (AvgIpc) is 2.06. The number of halogens is 3. The lowest BCUT2D eigenvalue weighted by Gasteiger charge is -2.13. The lowest BCUT2D eigenvalue weighted by Crippen LogP contribution is -2.17. The van der Waals surface area contributed by atoms with Crippen molar-refractivity contribution in [2.24, 2.45) is 0 Å². The number of hydrogen-bond acceptors (Lipinski definition) is 3. The Hall–Kier alpha value is -1.59. The van der Waals surface area contributed by atoms with Crippen LogP contribution in [0.1, 0.15) is 13.8 Å². The van der Waals surface area contributed by atoms with Gasteiger partial charge in [0, 0.05) is 6.07 Å². The van der Waals surface area contributed by atoms with Crippen LogP contribution in [0.3, 0.4) is 0 Å². The summed E-state index contributed by atoms with van der Waals surface area (Å²) in [6.07, 6.45) is -4.95. The summed E-state index contributed by atoms with van der Waals surface area (Å²) in [5.41, 5.74) is 0. The van der Waals surface area contributed by atoms with Crippen LogP contribution in [0.15, 0.2) is 18.2 Å². The molecule has 0 aliphatic carbocycles. The normalized spacial score (nSPS) is 11.6. The van der Waals surface area contributed by atoms with Gasteiger partial charge in [-0.25, -0.2) is 0 Å². The Morgan fingerprint density at radius 2 is 1.88 bits per heavy atom. The zero-order valence-electron chi connectivity index (χ0n) is 8.71. The second-order valence-corrected chi connectivity index (χ2v) is 3.34. The van der Waals surface area contributed by atoms with Gasteiger partial charge >= 0.3 is 6.36 Å². The summed E-state index contributed by atoms with van der Waals surface area (Å²) in [4.78, 5) is 0. The predicted octanol–water partition coefficient (Wildman–Crippen LogP) is 3.08. The molecule has 90 valence electrons. The standard InChI is InChI=1S/C10H11F3O3/c1-6(2)15-9-4-3-7(5-8(9)14)16-10(11,12)13/h3-6,14H,1-2H3. The molecule has 1 N–H and O–H groups in total. The van der Waals surface area contributed by atoms with E-state index in [-0.39, 0.29) is 11.9 Å². The molecule has 0 fully saturated rings. The van der Waals surface area contributed by atoms with Gasteiger partial charge in [0.25, 0.3) is 0 Å². The largest absolute Gasteiger partial charge is 0.573 e. The summed E-state index contributed by atoms with van der Waals surface area (Å²) in [5.74, 6) is -0.763. The Bertz CT molecular complexity index is 361. The van der Waals surface area contributed by atoms with E-state index in [4.69, 9.17) is 4.74 Å². The van der Waals surface area contributed by atoms with Crippen LogP contribution in [-0.4, -0.2) is 17.6 Å². The van der Waals surface area contributed by atoms with E-state index in [1.807, 2.05) is 0 Å².